The molecular weight excluding hydrogens is 210 g/mol. The molecule has 0 atom stereocenters. The minimum absolute atomic E-state index is 0.303. The molecule has 2 heteroatoms. The van der Waals surface area contributed by atoms with Crippen LogP contribution in [0.4, 0.5) is 0 Å². The molecule has 0 bridgehead atoms. The van der Waals surface area contributed by atoms with Crippen LogP contribution in [0.25, 0.3) is 0 Å². The average Bonchev–Trinajstić information content (AvgIpc) is 2.36. The standard InChI is InChI=1S/C15H21NO/c1-16(12-6-3-7-14-17)13-8-11-15-9-4-2-5-10-15/h2,4-5,9-10,17H,3,6-7,12-14H2,1H3. The van der Waals surface area contributed by atoms with E-state index < -0.39 is 0 Å². The van der Waals surface area contributed by atoms with Gasteiger partial charge in [-0.1, -0.05) is 30.0 Å². The maximum atomic E-state index is 8.66. The van der Waals surface area contributed by atoms with Crippen molar-refractivity contribution in [2.24, 2.45) is 0 Å². The molecule has 0 unspecified atom stereocenters. The minimum atomic E-state index is 0.303. The van der Waals surface area contributed by atoms with E-state index in [2.05, 4.69) is 23.8 Å². The van der Waals surface area contributed by atoms with E-state index >= 15 is 0 Å². The highest BCUT2D eigenvalue weighted by molar-refractivity contribution is 5.33. The maximum absolute atomic E-state index is 8.66. The summed E-state index contributed by atoms with van der Waals surface area (Å²) in [6.45, 7) is 2.15. The fourth-order valence-corrected chi connectivity index (χ4v) is 1.55. The summed E-state index contributed by atoms with van der Waals surface area (Å²) in [5.74, 6) is 6.31. The molecule has 0 saturated carbocycles. The van der Waals surface area contributed by atoms with Crippen LogP contribution >= 0.6 is 0 Å². The normalized spacial score (nSPS) is 10.1. The Morgan fingerprint density at radius 1 is 1.12 bits per heavy atom. The lowest BCUT2D eigenvalue weighted by Gasteiger charge is -2.12. The maximum Gasteiger partial charge on any atom is 0.0602 e. The summed E-state index contributed by atoms with van der Waals surface area (Å²) in [6.07, 6.45) is 3.13. The SMILES string of the molecule is CN(CC#Cc1ccccc1)CCCCCO. The Hall–Kier alpha value is -1.30. The van der Waals surface area contributed by atoms with Crippen LogP contribution in [0.2, 0.25) is 0 Å². The zero-order chi connectivity index (χ0) is 12.3. The van der Waals surface area contributed by atoms with Crippen molar-refractivity contribution in [2.75, 3.05) is 26.7 Å². The number of hydrogen-bond acceptors (Lipinski definition) is 2. The molecule has 1 N–H and O–H groups in total. The highest BCUT2D eigenvalue weighted by Crippen LogP contribution is 1.97. The molecule has 0 amide bonds. The average molecular weight is 231 g/mol. The Morgan fingerprint density at radius 2 is 1.88 bits per heavy atom. The van der Waals surface area contributed by atoms with Crippen molar-refractivity contribution in [1.82, 2.24) is 4.90 Å². The molecule has 0 fully saturated rings. The Labute approximate surface area is 104 Å². The van der Waals surface area contributed by atoms with Crippen molar-refractivity contribution in [1.29, 1.82) is 0 Å². The summed E-state index contributed by atoms with van der Waals surface area (Å²) in [5.41, 5.74) is 1.07. The van der Waals surface area contributed by atoms with Gasteiger partial charge in [0.2, 0.25) is 0 Å². The first-order valence-corrected chi connectivity index (χ1v) is 6.16. The van der Waals surface area contributed by atoms with Crippen molar-refractivity contribution in [2.45, 2.75) is 19.3 Å². The monoisotopic (exact) mass is 231 g/mol. The predicted molar refractivity (Wildman–Crippen MR) is 71.8 cm³/mol. The molecule has 17 heavy (non-hydrogen) atoms. The Morgan fingerprint density at radius 3 is 2.59 bits per heavy atom. The van der Waals surface area contributed by atoms with Crippen LogP contribution in [0.5, 0.6) is 0 Å². The van der Waals surface area contributed by atoms with Crippen LogP contribution < -0.4 is 0 Å². The van der Waals surface area contributed by atoms with Crippen LogP contribution in [0, 0.1) is 11.8 Å². The fourth-order valence-electron chi connectivity index (χ4n) is 1.55. The molecule has 1 rings (SSSR count). The van der Waals surface area contributed by atoms with Crippen molar-refractivity contribution in [3.8, 4) is 11.8 Å². The van der Waals surface area contributed by atoms with Crippen LogP contribution in [0.15, 0.2) is 30.3 Å². The lowest BCUT2D eigenvalue weighted by atomic mass is 10.2. The van der Waals surface area contributed by atoms with Gasteiger partial charge in [0.15, 0.2) is 0 Å². The first-order chi connectivity index (χ1) is 8.33. The van der Waals surface area contributed by atoms with Gasteiger partial charge in [0.1, 0.15) is 0 Å². The van der Waals surface area contributed by atoms with Crippen molar-refractivity contribution >= 4 is 0 Å². The van der Waals surface area contributed by atoms with Gasteiger partial charge in [0.05, 0.1) is 6.54 Å². The predicted octanol–water partition coefficient (Wildman–Crippen LogP) is 2.13. The number of hydrogen-bond donors (Lipinski definition) is 1. The second-order valence-corrected chi connectivity index (χ2v) is 4.19. The largest absolute Gasteiger partial charge is 0.396 e. The summed E-state index contributed by atoms with van der Waals surface area (Å²) in [4.78, 5) is 2.22. The molecule has 92 valence electrons. The molecule has 0 heterocycles. The Kier molecular flexibility index (Phi) is 7.13. The smallest absolute Gasteiger partial charge is 0.0602 e. The van der Waals surface area contributed by atoms with Gasteiger partial charge in [0.25, 0.3) is 0 Å². The van der Waals surface area contributed by atoms with Crippen LogP contribution in [-0.4, -0.2) is 36.8 Å². The van der Waals surface area contributed by atoms with Crippen LogP contribution in [0.3, 0.4) is 0 Å². The van der Waals surface area contributed by atoms with Crippen molar-refractivity contribution in [3.63, 3.8) is 0 Å². The summed E-state index contributed by atoms with van der Waals surface area (Å²) in [5, 5.41) is 8.66. The quantitative estimate of drug-likeness (QED) is 0.599. The van der Waals surface area contributed by atoms with Crippen LogP contribution in [0.1, 0.15) is 24.8 Å². The zero-order valence-corrected chi connectivity index (χ0v) is 10.5. The molecule has 2 nitrogen and oxygen atoms in total. The van der Waals surface area contributed by atoms with Crippen molar-refractivity contribution < 1.29 is 5.11 Å². The molecule has 0 radical (unpaired) electrons. The van der Waals surface area contributed by atoms with E-state index in [1.807, 2.05) is 30.3 Å². The van der Waals surface area contributed by atoms with Gasteiger partial charge in [-0.25, -0.2) is 0 Å². The minimum Gasteiger partial charge on any atom is -0.396 e. The molecule has 0 aromatic heterocycles. The Balaban J connectivity index is 2.19. The second kappa shape index (κ2) is 8.81. The summed E-state index contributed by atoms with van der Waals surface area (Å²) < 4.78 is 0. The van der Waals surface area contributed by atoms with Gasteiger partial charge < -0.3 is 5.11 Å². The topological polar surface area (TPSA) is 23.5 Å². The van der Waals surface area contributed by atoms with E-state index in [9.17, 15) is 0 Å². The number of benzene rings is 1. The number of unbranched alkanes of at least 4 members (excludes halogenated alkanes) is 2. The van der Waals surface area contributed by atoms with Gasteiger partial charge in [-0.05, 0) is 45.0 Å². The molecule has 0 aliphatic heterocycles. The van der Waals surface area contributed by atoms with Gasteiger partial charge in [-0.2, -0.15) is 0 Å². The lowest BCUT2D eigenvalue weighted by molar-refractivity contribution is 0.276. The van der Waals surface area contributed by atoms with Crippen LogP contribution in [-0.2, 0) is 0 Å². The number of nitrogens with zero attached hydrogens (tertiary/aromatic N) is 1. The highest BCUT2D eigenvalue weighted by Gasteiger charge is 1.94. The number of aliphatic hydroxyl groups is 1. The first kappa shape index (κ1) is 13.8. The molecule has 0 aliphatic rings. The number of rotatable bonds is 6. The first-order valence-electron chi connectivity index (χ1n) is 6.16. The Bertz CT molecular complexity index is 350. The second-order valence-electron chi connectivity index (χ2n) is 4.19. The molecule has 0 saturated heterocycles. The van der Waals surface area contributed by atoms with Gasteiger partial charge in [0, 0.05) is 12.2 Å². The van der Waals surface area contributed by atoms with E-state index in [0.29, 0.717) is 6.61 Å². The number of aliphatic hydroxyl groups excluding tert-OH is 1. The lowest BCUT2D eigenvalue weighted by Crippen LogP contribution is -2.19. The van der Waals surface area contributed by atoms with E-state index in [0.717, 1.165) is 37.9 Å². The fraction of sp³-hybridized carbons (Fsp3) is 0.467. The summed E-state index contributed by atoms with van der Waals surface area (Å²) >= 11 is 0. The highest BCUT2D eigenvalue weighted by atomic mass is 16.2. The third-order valence-corrected chi connectivity index (χ3v) is 2.55. The molecule has 1 aromatic rings. The molecule has 1 aromatic carbocycles. The zero-order valence-electron chi connectivity index (χ0n) is 10.5. The van der Waals surface area contributed by atoms with Gasteiger partial charge in [-0.15, -0.1) is 0 Å². The van der Waals surface area contributed by atoms with Crippen molar-refractivity contribution in [3.05, 3.63) is 35.9 Å². The van der Waals surface area contributed by atoms with E-state index in [4.69, 9.17) is 5.11 Å². The van der Waals surface area contributed by atoms with E-state index in [1.54, 1.807) is 0 Å². The van der Waals surface area contributed by atoms with Gasteiger partial charge >= 0.3 is 0 Å². The third kappa shape index (κ3) is 6.78. The third-order valence-electron chi connectivity index (χ3n) is 2.55. The summed E-state index contributed by atoms with van der Waals surface area (Å²) in [7, 11) is 2.08. The molecular formula is C15H21NO. The molecule has 0 aliphatic carbocycles. The van der Waals surface area contributed by atoms with E-state index in [-0.39, 0.29) is 0 Å². The van der Waals surface area contributed by atoms with Gasteiger partial charge in [-0.3, -0.25) is 4.90 Å². The molecule has 0 spiro atoms. The van der Waals surface area contributed by atoms with E-state index in [1.165, 1.54) is 0 Å². The summed E-state index contributed by atoms with van der Waals surface area (Å²) in [6, 6.07) is 10.0.